The van der Waals surface area contributed by atoms with Crippen LogP contribution in [0.2, 0.25) is 0 Å². The fraction of sp³-hybridized carbons (Fsp3) is 0.333. The van der Waals surface area contributed by atoms with Crippen molar-refractivity contribution in [2.45, 2.75) is 19.4 Å². The van der Waals surface area contributed by atoms with Crippen molar-refractivity contribution in [1.29, 1.82) is 0 Å². The van der Waals surface area contributed by atoms with Crippen LogP contribution in [0, 0.1) is 6.92 Å². The van der Waals surface area contributed by atoms with Gasteiger partial charge in [0.05, 0.1) is 23.9 Å². The van der Waals surface area contributed by atoms with Gasteiger partial charge in [-0.25, -0.2) is 9.97 Å². The number of nitrogens with two attached hydrogens (primary N) is 1. The predicted octanol–water partition coefficient (Wildman–Crippen LogP) is 1.77. The Morgan fingerprint density at radius 2 is 2.30 bits per heavy atom. The highest BCUT2D eigenvalue weighted by Gasteiger charge is 2.24. The molecule has 0 spiro atoms. The smallest absolute Gasteiger partial charge is 0.262 e. The summed E-state index contributed by atoms with van der Waals surface area (Å²) in [6.07, 6.45) is 2.47. The van der Waals surface area contributed by atoms with Crippen molar-refractivity contribution < 1.29 is 4.74 Å². The SMILES string of the molecule is Cc1nc(N)nc2c1cc(-c1nccs1)c(=O)n2[C@H]1CCOC1. The number of pyridine rings is 1. The zero-order valence-electron chi connectivity index (χ0n) is 12.5. The molecule has 1 aliphatic heterocycles. The molecular weight excluding hydrogens is 314 g/mol. The van der Waals surface area contributed by atoms with Gasteiger partial charge in [0, 0.05) is 23.6 Å². The van der Waals surface area contributed by atoms with Crippen LogP contribution in [-0.4, -0.2) is 32.7 Å². The third-order valence-corrected chi connectivity index (χ3v) is 4.84. The van der Waals surface area contributed by atoms with Crippen LogP contribution in [0.15, 0.2) is 22.4 Å². The quantitative estimate of drug-likeness (QED) is 0.770. The zero-order chi connectivity index (χ0) is 16.0. The molecule has 0 unspecified atom stereocenters. The second-order valence-electron chi connectivity index (χ2n) is 5.49. The fourth-order valence-electron chi connectivity index (χ4n) is 2.95. The van der Waals surface area contributed by atoms with E-state index in [1.54, 1.807) is 10.8 Å². The molecule has 3 aromatic rings. The highest BCUT2D eigenvalue weighted by molar-refractivity contribution is 7.13. The molecular formula is C15H15N5O2S. The van der Waals surface area contributed by atoms with E-state index in [1.807, 2.05) is 18.4 Å². The molecule has 23 heavy (non-hydrogen) atoms. The van der Waals surface area contributed by atoms with Crippen molar-refractivity contribution in [3.8, 4) is 10.6 Å². The molecule has 0 amide bonds. The molecule has 3 aromatic heterocycles. The lowest BCUT2D eigenvalue weighted by Gasteiger charge is -2.17. The molecule has 0 aliphatic carbocycles. The molecule has 1 saturated heterocycles. The molecule has 0 saturated carbocycles. The summed E-state index contributed by atoms with van der Waals surface area (Å²) in [6, 6.07) is 1.77. The largest absolute Gasteiger partial charge is 0.379 e. The van der Waals surface area contributed by atoms with Crippen LogP contribution in [0.4, 0.5) is 5.95 Å². The summed E-state index contributed by atoms with van der Waals surface area (Å²) in [5.41, 5.74) is 7.56. The van der Waals surface area contributed by atoms with Crippen molar-refractivity contribution in [3.63, 3.8) is 0 Å². The van der Waals surface area contributed by atoms with Crippen LogP contribution in [0.25, 0.3) is 21.6 Å². The molecule has 0 bridgehead atoms. The second kappa shape index (κ2) is 5.39. The van der Waals surface area contributed by atoms with Gasteiger partial charge in [-0.3, -0.25) is 9.36 Å². The first-order valence-corrected chi connectivity index (χ1v) is 8.20. The molecule has 4 rings (SSSR count). The molecule has 4 heterocycles. The minimum atomic E-state index is -0.111. The fourth-order valence-corrected chi connectivity index (χ4v) is 3.59. The third-order valence-electron chi connectivity index (χ3n) is 4.03. The van der Waals surface area contributed by atoms with Crippen molar-refractivity contribution in [2.75, 3.05) is 18.9 Å². The first-order chi connectivity index (χ1) is 11.1. The number of thiazole rings is 1. The van der Waals surface area contributed by atoms with E-state index in [0.717, 1.165) is 17.5 Å². The summed E-state index contributed by atoms with van der Waals surface area (Å²) in [5.74, 6) is 0.170. The van der Waals surface area contributed by atoms with Crippen LogP contribution in [0.5, 0.6) is 0 Å². The lowest BCUT2D eigenvalue weighted by molar-refractivity contribution is 0.186. The Balaban J connectivity index is 2.10. The minimum absolute atomic E-state index is 0.0430. The number of rotatable bonds is 2. The molecule has 7 nitrogen and oxygen atoms in total. The Hall–Kier alpha value is -2.32. The molecule has 1 aliphatic rings. The second-order valence-corrected chi connectivity index (χ2v) is 6.39. The van der Waals surface area contributed by atoms with E-state index in [2.05, 4.69) is 15.0 Å². The first kappa shape index (κ1) is 14.3. The summed E-state index contributed by atoms with van der Waals surface area (Å²) >= 11 is 1.44. The number of aromatic nitrogens is 4. The number of anilines is 1. The van der Waals surface area contributed by atoms with E-state index in [9.17, 15) is 4.79 Å². The molecule has 8 heteroatoms. The standard InChI is InChI=1S/C15H15N5O2S/c1-8-10-6-11(13-17-3-5-23-13)14(21)20(9-2-4-22-7-9)12(10)19-15(16)18-8/h3,5-6,9H,2,4,7H2,1H3,(H2,16,18,19)/t9-/m0/s1. The van der Waals surface area contributed by atoms with Crippen LogP contribution >= 0.6 is 11.3 Å². The van der Waals surface area contributed by atoms with Gasteiger partial charge in [0.25, 0.3) is 5.56 Å². The maximum Gasteiger partial charge on any atom is 0.262 e. The molecule has 1 fully saturated rings. The van der Waals surface area contributed by atoms with Gasteiger partial charge < -0.3 is 10.5 Å². The summed E-state index contributed by atoms with van der Waals surface area (Å²) in [7, 11) is 0. The number of fused-ring (bicyclic) bond motifs is 1. The van der Waals surface area contributed by atoms with Gasteiger partial charge in [-0.15, -0.1) is 11.3 Å². The molecule has 0 aromatic carbocycles. The summed E-state index contributed by atoms with van der Waals surface area (Å²) in [5, 5.41) is 3.37. The molecule has 1 atom stereocenters. The molecule has 118 valence electrons. The van der Waals surface area contributed by atoms with E-state index >= 15 is 0 Å². The zero-order valence-corrected chi connectivity index (χ0v) is 13.3. The lowest BCUT2D eigenvalue weighted by atomic mass is 10.1. The monoisotopic (exact) mass is 329 g/mol. The van der Waals surface area contributed by atoms with Gasteiger partial charge in [-0.1, -0.05) is 0 Å². The molecule has 0 radical (unpaired) electrons. The number of hydrogen-bond donors (Lipinski definition) is 1. The third kappa shape index (κ3) is 2.30. The maximum absolute atomic E-state index is 13.1. The Kier molecular flexibility index (Phi) is 3.35. The summed E-state index contributed by atoms with van der Waals surface area (Å²) < 4.78 is 7.16. The van der Waals surface area contributed by atoms with Crippen LogP contribution in [0.3, 0.4) is 0 Å². The predicted molar refractivity (Wildman–Crippen MR) is 88.5 cm³/mol. The average Bonchev–Trinajstić information content (AvgIpc) is 3.20. The van der Waals surface area contributed by atoms with Crippen LogP contribution < -0.4 is 11.3 Å². The van der Waals surface area contributed by atoms with Gasteiger partial charge >= 0.3 is 0 Å². The topological polar surface area (TPSA) is 95.9 Å². The van der Waals surface area contributed by atoms with Crippen molar-refractivity contribution in [2.24, 2.45) is 0 Å². The van der Waals surface area contributed by atoms with E-state index in [-0.39, 0.29) is 17.5 Å². The summed E-state index contributed by atoms with van der Waals surface area (Å²) in [6.45, 7) is 3.00. The maximum atomic E-state index is 13.1. The Bertz CT molecular complexity index is 929. The number of hydrogen-bond acceptors (Lipinski definition) is 7. The van der Waals surface area contributed by atoms with Crippen molar-refractivity contribution in [1.82, 2.24) is 19.5 Å². The van der Waals surface area contributed by atoms with E-state index in [4.69, 9.17) is 10.5 Å². The first-order valence-electron chi connectivity index (χ1n) is 7.32. The van der Waals surface area contributed by atoms with E-state index < -0.39 is 0 Å². The Morgan fingerprint density at radius 3 is 3.00 bits per heavy atom. The highest BCUT2D eigenvalue weighted by Crippen LogP contribution is 2.27. The van der Waals surface area contributed by atoms with Crippen LogP contribution in [0.1, 0.15) is 18.2 Å². The Morgan fingerprint density at radius 1 is 1.43 bits per heavy atom. The van der Waals surface area contributed by atoms with Crippen LogP contribution in [-0.2, 0) is 4.74 Å². The van der Waals surface area contributed by atoms with Gasteiger partial charge in [0.2, 0.25) is 5.95 Å². The number of ether oxygens (including phenoxy) is 1. The normalized spacial score (nSPS) is 17.9. The minimum Gasteiger partial charge on any atom is -0.379 e. The van der Waals surface area contributed by atoms with Gasteiger partial charge in [0.15, 0.2) is 0 Å². The lowest BCUT2D eigenvalue weighted by Crippen LogP contribution is -2.28. The average molecular weight is 329 g/mol. The van der Waals surface area contributed by atoms with Gasteiger partial charge in [0.1, 0.15) is 10.7 Å². The number of nitrogen functional groups attached to an aromatic ring is 1. The van der Waals surface area contributed by atoms with Gasteiger partial charge in [-0.2, -0.15) is 4.98 Å². The van der Waals surface area contributed by atoms with Crippen molar-refractivity contribution >= 4 is 28.3 Å². The molecule has 2 N–H and O–H groups in total. The van der Waals surface area contributed by atoms with E-state index in [0.29, 0.717) is 29.4 Å². The van der Waals surface area contributed by atoms with E-state index in [1.165, 1.54) is 11.3 Å². The summed E-state index contributed by atoms with van der Waals surface area (Å²) in [4.78, 5) is 25.9. The number of nitrogens with zero attached hydrogens (tertiary/aromatic N) is 4. The van der Waals surface area contributed by atoms with Crippen molar-refractivity contribution in [3.05, 3.63) is 33.7 Å². The number of aryl methyl sites for hydroxylation is 1. The Labute approximate surface area is 135 Å². The highest BCUT2D eigenvalue weighted by atomic mass is 32.1. The van der Waals surface area contributed by atoms with Gasteiger partial charge in [-0.05, 0) is 19.4 Å².